The van der Waals surface area contributed by atoms with Gasteiger partial charge in [0.25, 0.3) is 0 Å². The van der Waals surface area contributed by atoms with Gasteiger partial charge in [0.05, 0.1) is 13.5 Å². The number of hydrogen-bond acceptors (Lipinski definition) is 3. The van der Waals surface area contributed by atoms with E-state index in [2.05, 4.69) is 47.5 Å². The molecule has 1 N–H and O–H groups in total. The van der Waals surface area contributed by atoms with Crippen LogP contribution in [0.15, 0.2) is 54.6 Å². The molecule has 2 aliphatic heterocycles. The Morgan fingerprint density at radius 1 is 1.10 bits per heavy atom. The topological polar surface area (TPSA) is 41.6 Å². The molecule has 3 fully saturated rings. The van der Waals surface area contributed by atoms with E-state index in [0.717, 1.165) is 30.6 Å². The Labute approximate surface area is 186 Å². The average Bonchev–Trinajstić information content (AvgIpc) is 2.94. The predicted molar refractivity (Wildman–Crippen MR) is 123 cm³/mol. The van der Waals surface area contributed by atoms with E-state index in [4.69, 9.17) is 4.74 Å². The van der Waals surface area contributed by atoms with Gasteiger partial charge in [-0.2, -0.15) is 0 Å². The SMILES string of the molecule is COc1cccc(CC(=O)N2[C@H]3CCCC[C@H]4N[C@@H](Cc5ccccc5)[C@@H]2C[C@@]34C)c1. The molecule has 2 aromatic carbocycles. The molecule has 2 saturated heterocycles. The van der Waals surface area contributed by atoms with Crippen molar-refractivity contribution in [3.8, 4) is 5.75 Å². The molecule has 1 aliphatic carbocycles. The molecule has 2 aromatic rings. The standard InChI is InChI=1S/C27H34N2O2/c1-27-18-23-22(16-19-9-4-3-5-10-19)28-24(27)13-6-7-14-25(27)29(23)26(30)17-20-11-8-12-21(15-20)31-2/h3-5,8-12,15,22-25,28H,6-7,13-14,16-18H2,1-2H3/t22-,23-,24+,25-,27+/m0/s1. The summed E-state index contributed by atoms with van der Waals surface area (Å²) in [5.74, 6) is 1.09. The minimum absolute atomic E-state index is 0.179. The maximum absolute atomic E-state index is 13.8. The number of hydrogen-bond donors (Lipinski definition) is 1. The number of nitrogens with zero attached hydrogens (tertiary/aromatic N) is 1. The third kappa shape index (κ3) is 3.76. The third-order valence-electron chi connectivity index (χ3n) is 8.08. The number of piperidine rings is 1. The van der Waals surface area contributed by atoms with Crippen molar-refractivity contribution >= 4 is 5.91 Å². The predicted octanol–water partition coefficient (Wildman–Crippen LogP) is 4.37. The van der Waals surface area contributed by atoms with Crippen LogP contribution in [0.2, 0.25) is 0 Å². The Morgan fingerprint density at radius 3 is 2.68 bits per heavy atom. The van der Waals surface area contributed by atoms with Gasteiger partial charge in [-0.15, -0.1) is 0 Å². The number of methoxy groups -OCH3 is 1. The lowest BCUT2D eigenvalue weighted by molar-refractivity contribution is -0.134. The van der Waals surface area contributed by atoms with Gasteiger partial charge < -0.3 is 15.0 Å². The third-order valence-corrected chi connectivity index (χ3v) is 8.08. The summed E-state index contributed by atoms with van der Waals surface area (Å²) in [7, 11) is 1.68. The van der Waals surface area contributed by atoms with E-state index in [0.29, 0.717) is 24.5 Å². The molecule has 1 amide bonds. The summed E-state index contributed by atoms with van der Waals surface area (Å²) in [6, 6.07) is 20.1. The lowest BCUT2D eigenvalue weighted by atomic mass is 9.70. The van der Waals surface area contributed by atoms with E-state index < -0.39 is 0 Å². The van der Waals surface area contributed by atoms with Crippen molar-refractivity contribution in [3.05, 3.63) is 65.7 Å². The first-order chi connectivity index (χ1) is 15.1. The van der Waals surface area contributed by atoms with Gasteiger partial charge in [0.1, 0.15) is 5.75 Å². The maximum atomic E-state index is 13.8. The van der Waals surface area contributed by atoms with E-state index in [1.807, 2.05) is 24.3 Å². The van der Waals surface area contributed by atoms with Gasteiger partial charge >= 0.3 is 0 Å². The summed E-state index contributed by atoms with van der Waals surface area (Å²) in [5, 5.41) is 4.03. The number of nitrogens with one attached hydrogen (secondary N) is 1. The second-order valence-corrected chi connectivity index (χ2v) is 9.92. The zero-order valence-corrected chi connectivity index (χ0v) is 18.7. The largest absolute Gasteiger partial charge is 0.497 e. The van der Waals surface area contributed by atoms with Gasteiger partial charge in [-0.1, -0.05) is 62.2 Å². The molecule has 3 aliphatic rings. The molecule has 0 radical (unpaired) electrons. The summed E-state index contributed by atoms with van der Waals surface area (Å²) in [6.07, 6.45) is 7.38. The highest BCUT2D eigenvalue weighted by Gasteiger charge is 2.59. The molecule has 31 heavy (non-hydrogen) atoms. The highest BCUT2D eigenvalue weighted by atomic mass is 16.5. The molecule has 164 valence electrons. The Kier molecular flexibility index (Phi) is 5.51. The summed E-state index contributed by atoms with van der Waals surface area (Å²) >= 11 is 0. The lowest BCUT2D eigenvalue weighted by Crippen LogP contribution is -2.57. The molecule has 4 nitrogen and oxygen atoms in total. The molecule has 0 aromatic heterocycles. The van der Waals surface area contributed by atoms with Gasteiger partial charge in [0.2, 0.25) is 5.91 Å². The van der Waals surface area contributed by atoms with E-state index in [1.165, 1.54) is 24.8 Å². The molecule has 0 spiro atoms. The minimum atomic E-state index is 0.179. The lowest BCUT2D eigenvalue weighted by Gasteiger charge is -2.43. The summed E-state index contributed by atoms with van der Waals surface area (Å²) < 4.78 is 5.38. The van der Waals surface area contributed by atoms with Crippen LogP contribution in [0.4, 0.5) is 0 Å². The van der Waals surface area contributed by atoms with Gasteiger partial charge in [-0.3, -0.25) is 4.79 Å². The highest BCUT2D eigenvalue weighted by molar-refractivity contribution is 5.80. The smallest absolute Gasteiger partial charge is 0.227 e. The molecular formula is C27H34N2O2. The first-order valence-corrected chi connectivity index (χ1v) is 11.8. The van der Waals surface area contributed by atoms with Crippen molar-refractivity contribution in [1.82, 2.24) is 10.2 Å². The van der Waals surface area contributed by atoms with Crippen molar-refractivity contribution in [3.63, 3.8) is 0 Å². The van der Waals surface area contributed by atoms with E-state index in [9.17, 15) is 4.79 Å². The van der Waals surface area contributed by atoms with Crippen LogP contribution in [0.1, 0.15) is 50.2 Å². The van der Waals surface area contributed by atoms with E-state index >= 15 is 0 Å². The van der Waals surface area contributed by atoms with Crippen LogP contribution in [0.3, 0.4) is 0 Å². The molecule has 2 heterocycles. The van der Waals surface area contributed by atoms with Crippen LogP contribution in [-0.4, -0.2) is 42.1 Å². The zero-order valence-electron chi connectivity index (χ0n) is 18.7. The fourth-order valence-corrected chi connectivity index (χ4v) is 6.54. The van der Waals surface area contributed by atoms with E-state index in [-0.39, 0.29) is 17.4 Å². The van der Waals surface area contributed by atoms with Crippen LogP contribution in [0, 0.1) is 5.41 Å². The average molecular weight is 419 g/mol. The molecular weight excluding hydrogens is 384 g/mol. The molecule has 1 saturated carbocycles. The summed E-state index contributed by atoms with van der Waals surface area (Å²) in [5.41, 5.74) is 2.56. The Bertz CT molecular complexity index is 930. The number of likely N-dealkylation sites (tertiary alicyclic amines) is 1. The zero-order chi connectivity index (χ0) is 21.4. The normalized spacial score (nSPS) is 31.9. The second kappa shape index (κ2) is 8.31. The fraction of sp³-hybridized carbons (Fsp3) is 0.519. The second-order valence-electron chi connectivity index (χ2n) is 9.92. The number of carbonyl (C=O) groups excluding carboxylic acids is 1. The van der Waals surface area contributed by atoms with Gasteiger partial charge in [0.15, 0.2) is 0 Å². The highest BCUT2D eigenvalue weighted by Crippen LogP contribution is 2.52. The Balaban J connectivity index is 1.44. The number of ether oxygens (including phenoxy) is 1. The molecule has 4 heteroatoms. The van der Waals surface area contributed by atoms with Crippen LogP contribution < -0.4 is 10.1 Å². The van der Waals surface area contributed by atoms with Crippen molar-refractivity contribution in [1.29, 1.82) is 0 Å². The van der Waals surface area contributed by atoms with Crippen LogP contribution in [0.25, 0.3) is 0 Å². The van der Waals surface area contributed by atoms with Crippen LogP contribution in [-0.2, 0) is 17.6 Å². The first kappa shape index (κ1) is 20.6. The van der Waals surface area contributed by atoms with Crippen molar-refractivity contribution in [2.75, 3.05) is 7.11 Å². The molecule has 2 bridgehead atoms. The summed E-state index contributed by atoms with van der Waals surface area (Å²) in [4.78, 5) is 16.1. The van der Waals surface area contributed by atoms with Gasteiger partial charge in [-0.05, 0) is 48.9 Å². The number of rotatable bonds is 5. The van der Waals surface area contributed by atoms with Gasteiger partial charge in [0, 0.05) is 29.6 Å². The number of carbonyl (C=O) groups is 1. The van der Waals surface area contributed by atoms with E-state index in [1.54, 1.807) is 7.11 Å². The van der Waals surface area contributed by atoms with Crippen molar-refractivity contribution in [2.45, 2.75) is 76.0 Å². The van der Waals surface area contributed by atoms with Crippen molar-refractivity contribution < 1.29 is 9.53 Å². The Hall–Kier alpha value is -2.33. The maximum Gasteiger partial charge on any atom is 0.227 e. The number of benzene rings is 2. The van der Waals surface area contributed by atoms with Crippen LogP contribution in [0.5, 0.6) is 5.75 Å². The van der Waals surface area contributed by atoms with Crippen LogP contribution >= 0.6 is 0 Å². The fourth-order valence-electron chi connectivity index (χ4n) is 6.54. The monoisotopic (exact) mass is 418 g/mol. The van der Waals surface area contributed by atoms with Gasteiger partial charge in [-0.25, -0.2) is 0 Å². The molecule has 5 atom stereocenters. The molecule has 5 rings (SSSR count). The summed E-state index contributed by atoms with van der Waals surface area (Å²) in [6.45, 7) is 2.44. The first-order valence-electron chi connectivity index (χ1n) is 11.8. The number of fused-ring (bicyclic) bond motifs is 1. The molecule has 0 unspecified atom stereocenters. The Morgan fingerprint density at radius 2 is 1.87 bits per heavy atom. The quantitative estimate of drug-likeness (QED) is 0.784. The number of amides is 1. The van der Waals surface area contributed by atoms with Crippen molar-refractivity contribution in [2.24, 2.45) is 5.41 Å². The minimum Gasteiger partial charge on any atom is -0.497 e.